The number of nitrogens with two attached hydrogens (primary N) is 2. The Balaban J connectivity index is 3.01. The van der Waals surface area contributed by atoms with Crippen molar-refractivity contribution in [1.29, 1.82) is 0 Å². The molecule has 11 heteroatoms. The van der Waals surface area contributed by atoms with Crippen molar-refractivity contribution in [1.82, 2.24) is 9.73 Å². The summed E-state index contributed by atoms with van der Waals surface area (Å²) >= 11 is 0. The van der Waals surface area contributed by atoms with Gasteiger partial charge < -0.3 is 0 Å². The number of nitrogens with one attached hydrogen (secondary N) is 1. The molecule has 16 heavy (non-hydrogen) atoms. The van der Waals surface area contributed by atoms with Crippen LogP contribution >= 0.6 is 8.46 Å². The molecule has 1 unspecified atom stereocenters. The summed E-state index contributed by atoms with van der Waals surface area (Å²) in [5, 5.41) is -1.17. The number of hydrogen-bond acceptors (Lipinski definition) is 6. The van der Waals surface area contributed by atoms with Crippen LogP contribution in [-0.4, -0.2) is 41.8 Å². The summed E-state index contributed by atoms with van der Waals surface area (Å²) < 4.78 is 42.5. The molecule has 0 spiro atoms. The van der Waals surface area contributed by atoms with Gasteiger partial charge in [0.2, 0.25) is 0 Å². The van der Waals surface area contributed by atoms with E-state index in [1.807, 2.05) is 0 Å². The summed E-state index contributed by atoms with van der Waals surface area (Å²) in [5.41, 5.74) is 5.53. The van der Waals surface area contributed by atoms with E-state index in [1.165, 1.54) is 0 Å². The van der Waals surface area contributed by atoms with Crippen LogP contribution in [-0.2, 0) is 19.7 Å². The van der Waals surface area contributed by atoms with E-state index < -0.39 is 36.0 Å². The Labute approximate surface area is 93.2 Å². The van der Waals surface area contributed by atoms with Crippen molar-refractivity contribution >= 4 is 24.7 Å². The molecule has 1 amide bonds. The SMILES string of the molecule is NN1CC[C@@H](NS(=O)(=O)O)[C@](N)([PH+]=O)C1=O. The van der Waals surface area contributed by atoms with Crippen molar-refractivity contribution in [3.63, 3.8) is 0 Å². The molecule has 0 aliphatic carbocycles. The smallest absolute Gasteiger partial charge is 0.275 e. The fourth-order valence-corrected chi connectivity index (χ4v) is 2.79. The van der Waals surface area contributed by atoms with E-state index in [9.17, 15) is 17.8 Å². The third kappa shape index (κ3) is 2.54. The maximum atomic E-state index is 11.5. The first-order valence-corrected chi connectivity index (χ1v) is 6.55. The largest absolute Gasteiger partial charge is 0.358 e. The van der Waals surface area contributed by atoms with Gasteiger partial charge in [-0.2, -0.15) is 13.1 Å². The number of nitrogens with zero attached hydrogens (tertiary/aromatic N) is 1. The lowest BCUT2D eigenvalue weighted by Gasteiger charge is -2.34. The standard InChI is InChI=1S/C5H11N4O5PS/c6-5(15-11)3(8-16(12,13)14)1-2-9(7)4(5)10/h3,8H,1-2,6-7H2,(H,12,13,14)/p+1/t3-,5+/m1/s1. The highest BCUT2D eigenvalue weighted by atomic mass is 32.2. The molecule has 1 aliphatic heterocycles. The normalized spacial score (nSPS) is 32.1. The fourth-order valence-electron chi connectivity index (χ4n) is 1.43. The Morgan fingerprint density at radius 2 is 2.19 bits per heavy atom. The number of carbonyl (C=O) groups excluding carboxylic acids is 1. The van der Waals surface area contributed by atoms with Crippen LogP contribution in [0, 0.1) is 0 Å². The van der Waals surface area contributed by atoms with Gasteiger partial charge in [-0.05, 0) is 6.42 Å². The van der Waals surface area contributed by atoms with Crippen molar-refractivity contribution in [3.05, 3.63) is 0 Å². The van der Waals surface area contributed by atoms with Gasteiger partial charge in [-0.15, -0.1) is 0 Å². The molecule has 92 valence electrons. The highest BCUT2D eigenvalue weighted by molar-refractivity contribution is 7.83. The first kappa shape index (κ1) is 13.4. The predicted molar refractivity (Wildman–Crippen MR) is 54.9 cm³/mol. The average Bonchev–Trinajstić information content (AvgIpc) is 2.17. The predicted octanol–water partition coefficient (Wildman–Crippen LogP) is -2.47. The molecule has 0 bridgehead atoms. The molecule has 3 atom stereocenters. The highest BCUT2D eigenvalue weighted by Crippen LogP contribution is 2.29. The van der Waals surface area contributed by atoms with E-state index in [0.29, 0.717) is 0 Å². The third-order valence-corrected chi connectivity index (χ3v) is 3.77. The second kappa shape index (κ2) is 4.32. The molecule has 1 rings (SSSR count). The molecule has 1 heterocycles. The molecule has 0 radical (unpaired) electrons. The molecule has 1 fully saturated rings. The van der Waals surface area contributed by atoms with Crippen molar-refractivity contribution in [2.75, 3.05) is 6.54 Å². The van der Waals surface area contributed by atoms with Crippen LogP contribution in [0.1, 0.15) is 6.42 Å². The van der Waals surface area contributed by atoms with Gasteiger partial charge in [0.25, 0.3) is 0 Å². The summed E-state index contributed by atoms with van der Waals surface area (Å²) in [6.45, 7) is 0.0510. The van der Waals surface area contributed by atoms with E-state index in [1.54, 1.807) is 4.72 Å². The van der Waals surface area contributed by atoms with Gasteiger partial charge in [0.05, 0.1) is 6.04 Å². The topological polar surface area (TPSA) is 156 Å². The minimum atomic E-state index is -4.52. The first-order valence-electron chi connectivity index (χ1n) is 4.20. The Bertz CT molecular complexity index is 413. The molecule has 9 nitrogen and oxygen atoms in total. The fraction of sp³-hybridized carbons (Fsp3) is 0.800. The van der Waals surface area contributed by atoms with Gasteiger partial charge >= 0.3 is 30.0 Å². The van der Waals surface area contributed by atoms with Crippen molar-refractivity contribution in [2.45, 2.75) is 17.7 Å². The van der Waals surface area contributed by atoms with Crippen LogP contribution in [0.25, 0.3) is 0 Å². The Morgan fingerprint density at radius 1 is 1.62 bits per heavy atom. The van der Waals surface area contributed by atoms with Crippen molar-refractivity contribution in [2.24, 2.45) is 11.6 Å². The quantitative estimate of drug-likeness (QED) is 0.192. The summed E-state index contributed by atoms with van der Waals surface area (Å²) in [4.78, 5) is 11.5. The molecule has 0 aromatic rings. The first-order chi connectivity index (χ1) is 7.20. The van der Waals surface area contributed by atoms with Crippen LogP contribution in [0.3, 0.4) is 0 Å². The van der Waals surface area contributed by atoms with E-state index in [0.717, 1.165) is 5.01 Å². The highest BCUT2D eigenvalue weighted by Gasteiger charge is 2.56. The summed E-state index contributed by atoms with van der Waals surface area (Å²) in [7, 11) is -5.81. The second-order valence-corrected chi connectivity index (χ2v) is 5.62. The number of piperidine rings is 1. The zero-order chi connectivity index (χ0) is 12.6. The lowest BCUT2D eigenvalue weighted by Crippen LogP contribution is -2.68. The van der Waals surface area contributed by atoms with Crippen molar-refractivity contribution < 1.29 is 22.3 Å². The maximum Gasteiger partial charge on any atom is 0.358 e. The molecule has 0 saturated carbocycles. The summed E-state index contributed by atoms with van der Waals surface area (Å²) in [6, 6.07) is -1.15. The molecule has 0 aromatic carbocycles. The van der Waals surface area contributed by atoms with Gasteiger partial charge in [0.15, 0.2) is 0 Å². The Morgan fingerprint density at radius 3 is 2.62 bits per heavy atom. The summed E-state index contributed by atoms with van der Waals surface area (Å²) in [5.74, 6) is 4.45. The lowest BCUT2D eigenvalue weighted by molar-refractivity contribution is -0.137. The average molecular weight is 271 g/mol. The number of rotatable bonds is 3. The zero-order valence-corrected chi connectivity index (χ0v) is 9.90. The molecular weight excluding hydrogens is 259 g/mol. The van der Waals surface area contributed by atoms with Gasteiger partial charge in [-0.25, -0.2) is 5.84 Å². The molecule has 6 N–H and O–H groups in total. The van der Waals surface area contributed by atoms with Crippen LogP contribution in [0.15, 0.2) is 0 Å². The molecule has 1 aliphatic rings. The van der Waals surface area contributed by atoms with Crippen LogP contribution in [0.2, 0.25) is 0 Å². The van der Waals surface area contributed by atoms with Crippen LogP contribution in [0.5, 0.6) is 0 Å². The Kier molecular flexibility index (Phi) is 3.62. The second-order valence-electron chi connectivity index (χ2n) is 3.40. The Hall–Kier alpha value is -0.640. The minimum Gasteiger partial charge on any atom is -0.275 e. The van der Waals surface area contributed by atoms with E-state index in [2.05, 4.69) is 0 Å². The number of hydrazine groups is 1. The maximum absolute atomic E-state index is 11.5. The van der Waals surface area contributed by atoms with E-state index in [-0.39, 0.29) is 13.0 Å². The van der Waals surface area contributed by atoms with Gasteiger partial charge in [0, 0.05) is 6.54 Å². The summed E-state index contributed by atoms with van der Waals surface area (Å²) in [6.07, 6.45) is 0.0633. The molecule has 0 aromatic heterocycles. The van der Waals surface area contributed by atoms with Gasteiger partial charge in [-0.1, -0.05) is 4.57 Å². The molecular formula is C5H12N4O5PS+. The molecule has 1 saturated heterocycles. The van der Waals surface area contributed by atoms with Gasteiger partial charge in [0.1, 0.15) is 0 Å². The van der Waals surface area contributed by atoms with E-state index in [4.69, 9.17) is 16.1 Å². The number of amides is 1. The van der Waals surface area contributed by atoms with Crippen LogP contribution in [0.4, 0.5) is 0 Å². The third-order valence-electron chi connectivity index (χ3n) is 2.28. The van der Waals surface area contributed by atoms with Crippen LogP contribution < -0.4 is 16.3 Å². The lowest BCUT2D eigenvalue weighted by atomic mass is 10.0. The number of hydrogen-bond donors (Lipinski definition) is 4. The minimum absolute atomic E-state index is 0.0510. The van der Waals surface area contributed by atoms with Gasteiger partial charge in [-0.3, -0.25) is 20.1 Å². The monoisotopic (exact) mass is 271 g/mol. The van der Waals surface area contributed by atoms with E-state index >= 15 is 0 Å². The zero-order valence-electron chi connectivity index (χ0n) is 8.08. The number of carbonyl (C=O) groups is 1. The van der Waals surface area contributed by atoms with Crippen molar-refractivity contribution in [3.8, 4) is 0 Å².